The van der Waals surface area contributed by atoms with Crippen molar-refractivity contribution in [2.75, 3.05) is 26.9 Å². The highest BCUT2D eigenvalue weighted by Crippen LogP contribution is 1.99. The molecule has 0 heterocycles. The van der Waals surface area contributed by atoms with Crippen molar-refractivity contribution < 1.29 is 14.3 Å². The molecule has 0 radical (unpaired) electrons. The van der Waals surface area contributed by atoms with Crippen molar-refractivity contribution >= 4 is 5.78 Å². The molecular formula is C16H26O3. The van der Waals surface area contributed by atoms with E-state index in [-0.39, 0.29) is 5.78 Å². The normalized spacial score (nSPS) is 11.4. The Morgan fingerprint density at radius 2 is 1.84 bits per heavy atom. The maximum absolute atomic E-state index is 10.6. The van der Waals surface area contributed by atoms with Gasteiger partial charge in [0.2, 0.25) is 0 Å². The fourth-order valence-corrected chi connectivity index (χ4v) is 1.22. The Labute approximate surface area is 116 Å². The number of carbonyl (C=O) groups excluding carboxylic acids is 1. The van der Waals surface area contributed by atoms with Crippen LogP contribution in [-0.2, 0) is 9.47 Å². The lowest BCUT2D eigenvalue weighted by molar-refractivity contribution is 0.0538. The number of Topliss-reactive ketones (excluding diaryl/α,β-unsaturated/α-hetero) is 1. The van der Waals surface area contributed by atoms with E-state index < -0.39 is 0 Å². The van der Waals surface area contributed by atoms with E-state index >= 15 is 0 Å². The van der Waals surface area contributed by atoms with E-state index in [4.69, 9.17) is 9.47 Å². The van der Waals surface area contributed by atoms with Gasteiger partial charge in [-0.15, -0.1) is 0 Å². The average Bonchev–Trinajstić information content (AvgIpc) is 2.45. The molecule has 0 saturated carbocycles. The minimum atomic E-state index is 0.121. The molecule has 0 fully saturated rings. The number of benzene rings is 1. The van der Waals surface area contributed by atoms with Gasteiger partial charge in [-0.25, -0.2) is 0 Å². The predicted octanol–water partition coefficient (Wildman–Crippen LogP) is 3.58. The molecule has 0 amide bonds. The minimum absolute atomic E-state index is 0.121. The van der Waals surface area contributed by atoms with Crippen LogP contribution in [0.5, 0.6) is 0 Å². The van der Waals surface area contributed by atoms with Gasteiger partial charge < -0.3 is 9.47 Å². The monoisotopic (exact) mass is 266 g/mol. The van der Waals surface area contributed by atoms with E-state index in [1.54, 1.807) is 14.0 Å². The van der Waals surface area contributed by atoms with Gasteiger partial charge in [-0.3, -0.25) is 4.79 Å². The fraction of sp³-hybridized carbons (Fsp3) is 0.562. The molecule has 1 rings (SSSR count). The average molecular weight is 266 g/mol. The largest absolute Gasteiger partial charge is 0.382 e. The molecule has 3 heteroatoms. The quantitative estimate of drug-likeness (QED) is 0.559. The Hall–Kier alpha value is -1.19. The Bertz CT molecular complexity index is 322. The molecule has 0 aromatic heterocycles. The SMILES string of the molecule is CC(=O)c1ccccc1.CCC(C)COCCOC. The molecule has 0 bridgehead atoms. The van der Waals surface area contributed by atoms with Crippen molar-refractivity contribution in [2.45, 2.75) is 27.2 Å². The van der Waals surface area contributed by atoms with Crippen LogP contribution in [-0.4, -0.2) is 32.7 Å². The second-order valence-corrected chi connectivity index (χ2v) is 4.50. The summed E-state index contributed by atoms with van der Waals surface area (Å²) in [6.07, 6.45) is 1.19. The Morgan fingerprint density at radius 1 is 1.21 bits per heavy atom. The van der Waals surface area contributed by atoms with Crippen LogP contribution < -0.4 is 0 Å². The van der Waals surface area contributed by atoms with Gasteiger partial charge in [0.15, 0.2) is 5.78 Å². The summed E-state index contributed by atoms with van der Waals surface area (Å²) in [5.74, 6) is 0.799. The van der Waals surface area contributed by atoms with Crippen LogP contribution in [0.1, 0.15) is 37.6 Å². The molecule has 1 atom stereocenters. The molecule has 0 N–H and O–H groups in total. The van der Waals surface area contributed by atoms with E-state index in [0.717, 1.165) is 18.8 Å². The van der Waals surface area contributed by atoms with E-state index in [2.05, 4.69) is 13.8 Å². The topological polar surface area (TPSA) is 35.5 Å². The molecule has 1 aromatic rings. The van der Waals surface area contributed by atoms with Crippen molar-refractivity contribution in [2.24, 2.45) is 5.92 Å². The van der Waals surface area contributed by atoms with E-state index in [1.165, 1.54) is 6.42 Å². The van der Waals surface area contributed by atoms with Crippen LogP contribution >= 0.6 is 0 Å². The number of methoxy groups -OCH3 is 1. The zero-order valence-electron chi connectivity index (χ0n) is 12.5. The Balaban J connectivity index is 0.000000342. The molecule has 1 aromatic carbocycles. The first-order valence-corrected chi connectivity index (χ1v) is 6.74. The zero-order chi connectivity index (χ0) is 14.5. The van der Waals surface area contributed by atoms with E-state index in [1.807, 2.05) is 30.3 Å². The highest BCUT2D eigenvalue weighted by molar-refractivity contribution is 5.93. The standard InChI is InChI=1S/C8H18O2.C8H8O/c1-4-8(2)7-10-6-5-9-3;1-7(9)8-5-3-2-4-6-8/h8H,4-7H2,1-3H3;2-6H,1H3. The highest BCUT2D eigenvalue weighted by Gasteiger charge is 1.96. The summed E-state index contributed by atoms with van der Waals surface area (Å²) in [5, 5.41) is 0. The van der Waals surface area contributed by atoms with Crippen LogP contribution in [0.3, 0.4) is 0 Å². The van der Waals surface area contributed by atoms with Crippen molar-refractivity contribution in [3.63, 3.8) is 0 Å². The summed E-state index contributed by atoms with van der Waals surface area (Å²) in [6, 6.07) is 9.23. The molecule has 0 saturated heterocycles. The number of hydrogen-bond acceptors (Lipinski definition) is 3. The van der Waals surface area contributed by atoms with E-state index in [0.29, 0.717) is 12.5 Å². The molecule has 0 aliphatic carbocycles. The van der Waals surface area contributed by atoms with Crippen LogP contribution in [0.25, 0.3) is 0 Å². The molecule has 0 aliphatic rings. The van der Waals surface area contributed by atoms with Crippen molar-refractivity contribution in [3.8, 4) is 0 Å². The first-order valence-electron chi connectivity index (χ1n) is 6.74. The maximum Gasteiger partial charge on any atom is 0.159 e. The summed E-state index contributed by atoms with van der Waals surface area (Å²) < 4.78 is 10.1. The fourth-order valence-electron chi connectivity index (χ4n) is 1.22. The van der Waals surface area contributed by atoms with Crippen molar-refractivity contribution in [1.82, 2.24) is 0 Å². The number of hydrogen-bond donors (Lipinski definition) is 0. The third-order valence-corrected chi connectivity index (χ3v) is 2.71. The molecule has 108 valence electrons. The lowest BCUT2D eigenvalue weighted by Gasteiger charge is -2.08. The summed E-state index contributed by atoms with van der Waals surface area (Å²) in [6.45, 7) is 8.21. The lowest BCUT2D eigenvalue weighted by atomic mass is 10.1. The minimum Gasteiger partial charge on any atom is -0.382 e. The van der Waals surface area contributed by atoms with Crippen LogP contribution in [0.15, 0.2) is 30.3 Å². The van der Waals surface area contributed by atoms with Gasteiger partial charge in [-0.1, -0.05) is 50.6 Å². The molecule has 1 unspecified atom stereocenters. The van der Waals surface area contributed by atoms with Gasteiger partial charge >= 0.3 is 0 Å². The summed E-state index contributed by atoms with van der Waals surface area (Å²) in [5.41, 5.74) is 0.775. The molecule has 3 nitrogen and oxygen atoms in total. The third-order valence-electron chi connectivity index (χ3n) is 2.71. The van der Waals surface area contributed by atoms with Crippen LogP contribution in [0, 0.1) is 5.92 Å². The second kappa shape index (κ2) is 11.9. The molecule has 0 spiro atoms. The van der Waals surface area contributed by atoms with Gasteiger partial charge in [-0.05, 0) is 12.8 Å². The van der Waals surface area contributed by atoms with Gasteiger partial charge in [0.25, 0.3) is 0 Å². The Morgan fingerprint density at radius 3 is 2.26 bits per heavy atom. The summed E-state index contributed by atoms with van der Waals surface area (Å²) in [4.78, 5) is 10.6. The van der Waals surface area contributed by atoms with Crippen LogP contribution in [0.2, 0.25) is 0 Å². The van der Waals surface area contributed by atoms with Gasteiger partial charge in [0.05, 0.1) is 13.2 Å². The predicted molar refractivity (Wildman–Crippen MR) is 78.6 cm³/mol. The Kier molecular flexibility index (Phi) is 11.1. The van der Waals surface area contributed by atoms with Gasteiger partial charge in [0, 0.05) is 19.3 Å². The van der Waals surface area contributed by atoms with Crippen molar-refractivity contribution in [1.29, 1.82) is 0 Å². The zero-order valence-corrected chi connectivity index (χ0v) is 12.5. The smallest absolute Gasteiger partial charge is 0.159 e. The van der Waals surface area contributed by atoms with E-state index in [9.17, 15) is 4.79 Å². The second-order valence-electron chi connectivity index (χ2n) is 4.50. The first kappa shape index (κ1) is 17.8. The van der Waals surface area contributed by atoms with Gasteiger partial charge in [-0.2, -0.15) is 0 Å². The lowest BCUT2D eigenvalue weighted by Crippen LogP contribution is -2.08. The van der Waals surface area contributed by atoms with Crippen LogP contribution in [0.4, 0.5) is 0 Å². The highest BCUT2D eigenvalue weighted by atomic mass is 16.5. The molecule has 0 aliphatic heterocycles. The van der Waals surface area contributed by atoms with Gasteiger partial charge in [0.1, 0.15) is 0 Å². The number of ether oxygens (including phenoxy) is 2. The third kappa shape index (κ3) is 10.4. The molecular weight excluding hydrogens is 240 g/mol. The number of rotatable bonds is 7. The first-order chi connectivity index (χ1) is 9.11. The summed E-state index contributed by atoms with van der Waals surface area (Å²) >= 11 is 0. The van der Waals surface area contributed by atoms with Crippen molar-refractivity contribution in [3.05, 3.63) is 35.9 Å². The summed E-state index contributed by atoms with van der Waals surface area (Å²) in [7, 11) is 1.69. The molecule has 19 heavy (non-hydrogen) atoms. The maximum atomic E-state index is 10.6. The number of carbonyl (C=O) groups is 1. The number of ketones is 1.